The number of hydrogen-bond donors (Lipinski definition) is 0. The number of nitrogens with zero attached hydrogens (tertiary/aromatic N) is 1. The van der Waals surface area contributed by atoms with Gasteiger partial charge in [0, 0.05) is 12.2 Å². The molecule has 0 aliphatic heterocycles. The minimum Gasteiger partial charge on any atom is -0.356 e. The van der Waals surface area contributed by atoms with Crippen molar-refractivity contribution in [2.45, 2.75) is 16.4 Å². The van der Waals surface area contributed by atoms with Crippen LogP contribution in [0.2, 0.25) is 0 Å². The van der Waals surface area contributed by atoms with E-state index < -0.39 is 9.83 Å². The summed E-state index contributed by atoms with van der Waals surface area (Å²) >= 11 is 19.3. The molecule has 128 valence electrons. The van der Waals surface area contributed by atoms with Crippen LogP contribution in [0.4, 0.5) is 5.69 Å². The molecule has 4 heteroatoms. The molecule has 1 atom stereocenters. The quantitative estimate of drug-likeness (QED) is 0.433. The topological polar surface area (TPSA) is 3.24 Å². The van der Waals surface area contributed by atoms with Gasteiger partial charge >= 0.3 is 0 Å². The second-order valence-electron chi connectivity index (χ2n) is 5.80. The van der Waals surface area contributed by atoms with Crippen molar-refractivity contribution in [3.63, 3.8) is 0 Å². The largest absolute Gasteiger partial charge is 0.356 e. The Morgan fingerprint density at radius 2 is 1.16 bits per heavy atom. The van der Waals surface area contributed by atoms with Crippen molar-refractivity contribution in [2.75, 3.05) is 4.90 Å². The van der Waals surface area contributed by atoms with E-state index in [0.29, 0.717) is 6.54 Å². The first-order valence-electron chi connectivity index (χ1n) is 8.03. The molecular weight excluding hydrogens is 373 g/mol. The summed E-state index contributed by atoms with van der Waals surface area (Å²) in [4.78, 5) is 2.14. The highest BCUT2D eigenvalue weighted by Crippen LogP contribution is 2.45. The van der Waals surface area contributed by atoms with E-state index in [4.69, 9.17) is 34.8 Å². The van der Waals surface area contributed by atoms with Crippen LogP contribution in [0.15, 0.2) is 91.0 Å². The van der Waals surface area contributed by atoms with Crippen molar-refractivity contribution in [2.24, 2.45) is 0 Å². The summed E-state index contributed by atoms with van der Waals surface area (Å²) in [5.41, 5.74) is 3.12. The van der Waals surface area contributed by atoms with Gasteiger partial charge in [0.15, 0.2) is 0 Å². The van der Waals surface area contributed by atoms with E-state index in [2.05, 4.69) is 17.0 Å². The second kappa shape index (κ2) is 8.14. The number of hydrogen-bond acceptors (Lipinski definition) is 1. The van der Waals surface area contributed by atoms with Crippen LogP contribution >= 0.6 is 34.8 Å². The average molecular weight is 391 g/mol. The van der Waals surface area contributed by atoms with Gasteiger partial charge in [0.2, 0.25) is 3.79 Å². The number of benzene rings is 3. The fourth-order valence-corrected chi connectivity index (χ4v) is 3.64. The number of para-hydroxylation sites is 1. The molecule has 1 unspecified atom stereocenters. The maximum absolute atomic E-state index is 6.43. The van der Waals surface area contributed by atoms with Crippen molar-refractivity contribution in [3.8, 4) is 0 Å². The predicted octanol–water partition coefficient (Wildman–Crippen LogP) is 6.80. The van der Waals surface area contributed by atoms with E-state index in [1.165, 1.54) is 0 Å². The van der Waals surface area contributed by atoms with Crippen molar-refractivity contribution in [3.05, 3.63) is 102 Å². The lowest BCUT2D eigenvalue weighted by Crippen LogP contribution is -2.36. The maximum atomic E-state index is 6.43. The molecule has 0 spiro atoms. The zero-order valence-corrected chi connectivity index (χ0v) is 15.8. The summed E-state index contributed by atoms with van der Waals surface area (Å²) in [7, 11) is 0. The molecule has 25 heavy (non-hydrogen) atoms. The summed E-state index contributed by atoms with van der Waals surface area (Å²) in [6.07, 6.45) is 0. The third kappa shape index (κ3) is 4.70. The Morgan fingerprint density at radius 3 is 1.68 bits per heavy atom. The van der Waals surface area contributed by atoms with Crippen molar-refractivity contribution in [1.82, 2.24) is 0 Å². The van der Waals surface area contributed by atoms with Crippen LogP contribution in [0.3, 0.4) is 0 Å². The van der Waals surface area contributed by atoms with Crippen LogP contribution in [0, 0.1) is 0 Å². The molecule has 0 saturated heterocycles. The van der Waals surface area contributed by atoms with Gasteiger partial charge in [-0.1, -0.05) is 114 Å². The summed E-state index contributed by atoms with van der Waals surface area (Å²) in [5, 5.41) is 0. The number of rotatable bonds is 5. The van der Waals surface area contributed by atoms with Gasteiger partial charge in [-0.3, -0.25) is 0 Å². The fourth-order valence-electron chi connectivity index (χ4n) is 2.91. The Morgan fingerprint density at radius 1 is 0.680 bits per heavy atom. The lowest BCUT2D eigenvalue weighted by Gasteiger charge is -2.38. The van der Waals surface area contributed by atoms with Crippen molar-refractivity contribution in [1.29, 1.82) is 0 Å². The van der Waals surface area contributed by atoms with Crippen LogP contribution in [-0.4, -0.2) is 3.79 Å². The molecule has 0 aliphatic rings. The molecular formula is C21H18Cl3N. The lowest BCUT2D eigenvalue weighted by molar-refractivity contribution is 0.629. The summed E-state index contributed by atoms with van der Waals surface area (Å²) in [6, 6.07) is 29.7. The monoisotopic (exact) mass is 389 g/mol. The Labute approximate surface area is 163 Å². The van der Waals surface area contributed by atoms with E-state index in [9.17, 15) is 0 Å². The molecule has 0 aromatic heterocycles. The SMILES string of the molecule is ClC(Cl)(Cl)C(c1ccccc1)N(Cc1ccccc1)c1ccccc1. The number of alkyl halides is 3. The molecule has 0 radical (unpaired) electrons. The third-order valence-electron chi connectivity index (χ3n) is 4.02. The van der Waals surface area contributed by atoms with E-state index in [-0.39, 0.29) is 0 Å². The van der Waals surface area contributed by atoms with Crippen LogP contribution in [-0.2, 0) is 6.54 Å². The summed E-state index contributed by atoms with van der Waals surface area (Å²) in [6.45, 7) is 0.637. The van der Waals surface area contributed by atoms with Crippen LogP contribution in [0.1, 0.15) is 17.2 Å². The van der Waals surface area contributed by atoms with E-state index in [0.717, 1.165) is 16.8 Å². The molecule has 0 aliphatic carbocycles. The molecule has 3 rings (SSSR count). The van der Waals surface area contributed by atoms with E-state index in [1.54, 1.807) is 0 Å². The lowest BCUT2D eigenvalue weighted by atomic mass is 10.0. The van der Waals surface area contributed by atoms with Gasteiger partial charge in [-0.15, -0.1) is 0 Å². The summed E-state index contributed by atoms with van der Waals surface area (Å²) in [5.74, 6) is 0. The van der Waals surface area contributed by atoms with E-state index in [1.807, 2.05) is 78.9 Å². The molecule has 3 aromatic carbocycles. The van der Waals surface area contributed by atoms with Crippen molar-refractivity contribution >= 4 is 40.5 Å². The molecule has 0 amide bonds. The highest BCUT2D eigenvalue weighted by Gasteiger charge is 2.38. The normalized spacial score (nSPS) is 12.6. The Kier molecular flexibility index (Phi) is 5.90. The van der Waals surface area contributed by atoms with Crippen LogP contribution < -0.4 is 4.90 Å². The minimum absolute atomic E-state index is 0.415. The zero-order valence-electron chi connectivity index (χ0n) is 13.5. The molecule has 0 saturated carbocycles. The number of anilines is 1. The molecule has 1 nitrogen and oxygen atoms in total. The van der Waals surface area contributed by atoms with Crippen LogP contribution in [0.25, 0.3) is 0 Å². The standard InChI is InChI=1S/C21H18Cl3N/c22-21(23,24)20(18-12-6-2-7-13-18)25(19-14-8-3-9-15-19)16-17-10-4-1-5-11-17/h1-15,20H,16H2. The predicted molar refractivity (Wildman–Crippen MR) is 109 cm³/mol. The minimum atomic E-state index is -1.48. The van der Waals surface area contributed by atoms with Gasteiger partial charge < -0.3 is 4.90 Å². The molecule has 0 heterocycles. The van der Waals surface area contributed by atoms with Crippen LogP contribution in [0.5, 0.6) is 0 Å². The van der Waals surface area contributed by atoms with Gasteiger partial charge in [0.25, 0.3) is 0 Å². The smallest absolute Gasteiger partial charge is 0.214 e. The first kappa shape index (κ1) is 18.1. The highest BCUT2D eigenvalue weighted by molar-refractivity contribution is 6.68. The van der Waals surface area contributed by atoms with Gasteiger partial charge in [-0.25, -0.2) is 0 Å². The molecule has 0 bridgehead atoms. The Balaban J connectivity index is 2.07. The van der Waals surface area contributed by atoms with Gasteiger partial charge in [0.1, 0.15) is 6.04 Å². The van der Waals surface area contributed by atoms with Gasteiger partial charge in [-0.05, 0) is 23.3 Å². The molecule has 0 N–H and O–H groups in total. The Hall–Kier alpha value is -1.67. The van der Waals surface area contributed by atoms with Gasteiger partial charge in [-0.2, -0.15) is 0 Å². The number of halogens is 3. The maximum Gasteiger partial charge on any atom is 0.214 e. The molecule has 3 aromatic rings. The van der Waals surface area contributed by atoms with Crippen molar-refractivity contribution < 1.29 is 0 Å². The third-order valence-corrected chi connectivity index (χ3v) is 4.64. The summed E-state index contributed by atoms with van der Waals surface area (Å²) < 4.78 is -1.48. The molecule has 0 fully saturated rings. The first-order valence-corrected chi connectivity index (χ1v) is 9.16. The van der Waals surface area contributed by atoms with E-state index >= 15 is 0 Å². The second-order valence-corrected chi connectivity index (χ2v) is 8.17. The first-order chi connectivity index (χ1) is 12.1. The fraction of sp³-hybridized carbons (Fsp3) is 0.143. The Bertz CT molecular complexity index is 771. The highest BCUT2D eigenvalue weighted by atomic mass is 35.6. The van der Waals surface area contributed by atoms with Gasteiger partial charge in [0.05, 0.1) is 0 Å². The average Bonchev–Trinajstić information content (AvgIpc) is 2.63. The zero-order chi connectivity index (χ0) is 17.7.